The van der Waals surface area contributed by atoms with Gasteiger partial charge in [-0.25, -0.2) is 4.79 Å². The van der Waals surface area contributed by atoms with Crippen molar-refractivity contribution in [2.75, 3.05) is 5.32 Å². The molecule has 2 aromatic rings. The van der Waals surface area contributed by atoms with Crippen molar-refractivity contribution in [2.45, 2.75) is 17.9 Å². The van der Waals surface area contributed by atoms with E-state index in [1.165, 1.54) is 30.0 Å². The summed E-state index contributed by atoms with van der Waals surface area (Å²) in [7, 11) is 0. The molecule has 1 atom stereocenters. The van der Waals surface area contributed by atoms with Crippen LogP contribution in [0.4, 0.5) is 5.69 Å². The lowest BCUT2D eigenvalue weighted by atomic mass is 10.1. The summed E-state index contributed by atoms with van der Waals surface area (Å²) in [6.45, 7) is 1.79. The van der Waals surface area contributed by atoms with Crippen LogP contribution in [0.5, 0.6) is 0 Å². The molecule has 0 fully saturated rings. The number of halogens is 1. The van der Waals surface area contributed by atoms with Gasteiger partial charge < -0.3 is 10.4 Å². The average Bonchev–Trinajstić information content (AvgIpc) is 2.53. The highest BCUT2D eigenvalue weighted by Gasteiger charge is 2.17. The van der Waals surface area contributed by atoms with Crippen molar-refractivity contribution in [3.05, 3.63) is 64.7 Å². The highest BCUT2D eigenvalue weighted by molar-refractivity contribution is 7.99. The molecule has 0 aliphatic heterocycles. The standard InChI is InChI=1S/C17H16ClNO3S/c1-11(23-10-12-5-3-2-4-6-12)16(20)19-15-9-13(18)7-8-14(15)17(21)22/h2-9,11H,10H2,1H3,(H,19,20)(H,21,22)/t11-/m1/s1. The minimum atomic E-state index is -1.11. The fourth-order valence-corrected chi connectivity index (χ4v) is 2.93. The van der Waals surface area contributed by atoms with Gasteiger partial charge in [0.1, 0.15) is 0 Å². The van der Waals surface area contributed by atoms with Gasteiger partial charge in [-0.05, 0) is 30.7 Å². The summed E-state index contributed by atoms with van der Waals surface area (Å²) < 4.78 is 0. The number of hydrogen-bond donors (Lipinski definition) is 2. The van der Waals surface area contributed by atoms with E-state index in [0.29, 0.717) is 10.8 Å². The molecule has 0 heterocycles. The summed E-state index contributed by atoms with van der Waals surface area (Å²) in [4.78, 5) is 23.4. The van der Waals surface area contributed by atoms with Crippen LogP contribution >= 0.6 is 23.4 Å². The molecular formula is C17H16ClNO3S. The Bertz CT molecular complexity index is 706. The Morgan fingerprint density at radius 2 is 1.91 bits per heavy atom. The predicted molar refractivity (Wildman–Crippen MR) is 94.2 cm³/mol. The molecule has 0 aliphatic rings. The first-order valence-corrected chi connectivity index (χ1v) is 8.39. The fourth-order valence-electron chi connectivity index (χ4n) is 1.91. The molecule has 6 heteroatoms. The highest BCUT2D eigenvalue weighted by Crippen LogP contribution is 2.23. The zero-order chi connectivity index (χ0) is 16.8. The summed E-state index contributed by atoms with van der Waals surface area (Å²) in [5.41, 5.74) is 1.36. The van der Waals surface area contributed by atoms with Gasteiger partial charge in [0.15, 0.2) is 0 Å². The Hall–Kier alpha value is -1.98. The van der Waals surface area contributed by atoms with E-state index in [4.69, 9.17) is 16.7 Å². The third kappa shape index (κ3) is 5.01. The van der Waals surface area contributed by atoms with E-state index in [-0.39, 0.29) is 22.4 Å². The van der Waals surface area contributed by atoms with Gasteiger partial charge in [0.05, 0.1) is 16.5 Å². The van der Waals surface area contributed by atoms with E-state index < -0.39 is 5.97 Å². The summed E-state index contributed by atoms with van der Waals surface area (Å²) in [5.74, 6) is -0.659. The SMILES string of the molecule is C[C@@H](SCc1ccccc1)C(=O)Nc1cc(Cl)ccc1C(=O)O. The van der Waals surface area contributed by atoms with Crippen LogP contribution in [0.25, 0.3) is 0 Å². The van der Waals surface area contributed by atoms with Gasteiger partial charge in [0.2, 0.25) is 5.91 Å². The van der Waals surface area contributed by atoms with Gasteiger partial charge in [-0.1, -0.05) is 41.9 Å². The fraction of sp³-hybridized carbons (Fsp3) is 0.176. The van der Waals surface area contributed by atoms with Gasteiger partial charge >= 0.3 is 5.97 Å². The number of carboxylic acid groups (broad SMARTS) is 1. The number of aromatic carboxylic acids is 1. The quantitative estimate of drug-likeness (QED) is 0.816. The maximum Gasteiger partial charge on any atom is 0.337 e. The normalized spacial score (nSPS) is 11.7. The number of carboxylic acids is 1. The second-order valence-corrected chi connectivity index (χ2v) is 6.69. The molecule has 0 bridgehead atoms. The molecule has 0 saturated heterocycles. The number of carbonyl (C=O) groups is 2. The van der Waals surface area contributed by atoms with Crippen LogP contribution in [0.3, 0.4) is 0 Å². The number of anilines is 1. The van der Waals surface area contributed by atoms with Gasteiger partial charge in [-0.2, -0.15) is 0 Å². The second-order valence-electron chi connectivity index (χ2n) is 4.92. The Labute approximate surface area is 143 Å². The van der Waals surface area contributed by atoms with Gasteiger partial charge in [0, 0.05) is 10.8 Å². The molecule has 0 saturated carbocycles. The number of amides is 1. The summed E-state index contributed by atoms with van der Waals surface area (Å²) >= 11 is 7.36. The molecule has 23 heavy (non-hydrogen) atoms. The summed E-state index contributed by atoms with van der Waals surface area (Å²) in [6.07, 6.45) is 0. The minimum Gasteiger partial charge on any atom is -0.478 e. The Morgan fingerprint density at radius 3 is 2.57 bits per heavy atom. The molecule has 120 valence electrons. The van der Waals surface area contributed by atoms with Crippen molar-refractivity contribution in [2.24, 2.45) is 0 Å². The van der Waals surface area contributed by atoms with Crippen LogP contribution in [-0.4, -0.2) is 22.2 Å². The van der Waals surface area contributed by atoms with E-state index in [2.05, 4.69) is 5.32 Å². The third-order valence-electron chi connectivity index (χ3n) is 3.18. The van der Waals surface area contributed by atoms with Crippen molar-refractivity contribution in [3.8, 4) is 0 Å². The maximum atomic E-state index is 12.3. The Morgan fingerprint density at radius 1 is 1.22 bits per heavy atom. The molecule has 2 rings (SSSR count). The molecule has 0 aliphatic carbocycles. The van der Waals surface area contributed by atoms with Crippen LogP contribution in [-0.2, 0) is 10.5 Å². The van der Waals surface area contributed by atoms with Crippen molar-refractivity contribution in [1.82, 2.24) is 0 Å². The Balaban J connectivity index is 2.01. The monoisotopic (exact) mass is 349 g/mol. The van der Waals surface area contributed by atoms with E-state index in [0.717, 1.165) is 5.56 Å². The van der Waals surface area contributed by atoms with E-state index in [1.54, 1.807) is 6.92 Å². The van der Waals surface area contributed by atoms with Gasteiger partial charge in [0.25, 0.3) is 0 Å². The first-order valence-electron chi connectivity index (χ1n) is 6.96. The van der Waals surface area contributed by atoms with E-state index in [9.17, 15) is 9.59 Å². The molecule has 2 N–H and O–H groups in total. The summed E-state index contributed by atoms with van der Waals surface area (Å²) in [5, 5.41) is 11.9. The molecule has 4 nitrogen and oxygen atoms in total. The number of benzene rings is 2. The highest BCUT2D eigenvalue weighted by atomic mass is 35.5. The summed E-state index contributed by atoms with van der Waals surface area (Å²) in [6, 6.07) is 14.1. The Kier molecular flexibility index (Phi) is 6.07. The first-order chi connectivity index (χ1) is 11.0. The van der Waals surface area contributed by atoms with Crippen LogP contribution in [0, 0.1) is 0 Å². The molecular weight excluding hydrogens is 334 g/mol. The zero-order valence-electron chi connectivity index (χ0n) is 12.5. The van der Waals surface area contributed by atoms with Gasteiger partial charge in [-0.3, -0.25) is 4.79 Å². The minimum absolute atomic E-state index is 0.0167. The molecule has 0 unspecified atom stereocenters. The van der Waals surface area contributed by atoms with Crippen LogP contribution in [0.15, 0.2) is 48.5 Å². The van der Waals surface area contributed by atoms with Crippen molar-refractivity contribution >= 4 is 40.9 Å². The number of nitrogens with one attached hydrogen (secondary N) is 1. The molecule has 0 radical (unpaired) electrons. The second kappa shape index (κ2) is 8.04. The number of thioether (sulfide) groups is 1. The lowest BCUT2D eigenvalue weighted by molar-refractivity contribution is -0.115. The predicted octanol–water partition coefficient (Wildman–Crippen LogP) is 4.30. The molecule has 2 aromatic carbocycles. The van der Waals surface area contributed by atoms with Crippen molar-refractivity contribution in [3.63, 3.8) is 0 Å². The van der Waals surface area contributed by atoms with Crippen LogP contribution < -0.4 is 5.32 Å². The topological polar surface area (TPSA) is 66.4 Å². The first kappa shape index (κ1) is 17.4. The maximum absolute atomic E-state index is 12.3. The average molecular weight is 350 g/mol. The molecule has 0 aromatic heterocycles. The lowest BCUT2D eigenvalue weighted by Crippen LogP contribution is -2.23. The zero-order valence-corrected chi connectivity index (χ0v) is 14.0. The number of hydrogen-bond acceptors (Lipinski definition) is 3. The van der Waals surface area contributed by atoms with Crippen molar-refractivity contribution < 1.29 is 14.7 Å². The van der Waals surface area contributed by atoms with Crippen LogP contribution in [0.2, 0.25) is 5.02 Å². The van der Waals surface area contributed by atoms with Crippen LogP contribution in [0.1, 0.15) is 22.8 Å². The van der Waals surface area contributed by atoms with E-state index in [1.807, 2.05) is 30.3 Å². The van der Waals surface area contributed by atoms with Gasteiger partial charge in [-0.15, -0.1) is 11.8 Å². The smallest absolute Gasteiger partial charge is 0.337 e. The number of carbonyl (C=O) groups excluding carboxylic acids is 1. The lowest BCUT2D eigenvalue weighted by Gasteiger charge is -2.14. The van der Waals surface area contributed by atoms with E-state index >= 15 is 0 Å². The van der Waals surface area contributed by atoms with Crippen molar-refractivity contribution in [1.29, 1.82) is 0 Å². The molecule has 1 amide bonds. The molecule has 0 spiro atoms. The largest absolute Gasteiger partial charge is 0.478 e. The number of rotatable bonds is 6. The third-order valence-corrected chi connectivity index (χ3v) is 4.63.